The van der Waals surface area contributed by atoms with Crippen LogP contribution in [-0.2, 0) is 17.8 Å². The third-order valence-electron chi connectivity index (χ3n) is 3.29. The SMILES string of the molecule is CN(Cc1ncc[nH]1)C(=O)C1Cc2cc(Cl)ccc2O1. The van der Waals surface area contributed by atoms with Crippen molar-refractivity contribution in [1.29, 1.82) is 0 Å². The van der Waals surface area contributed by atoms with Crippen LogP contribution in [-0.4, -0.2) is 33.9 Å². The van der Waals surface area contributed by atoms with Crippen LogP contribution in [0.3, 0.4) is 0 Å². The van der Waals surface area contributed by atoms with Crippen LogP contribution in [0.1, 0.15) is 11.4 Å². The number of fused-ring (bicyclic) bond motifs is 1. The number of carbonyl (C=O) groups is 1. The molecule has 0 spiro atoms. The molecule has 1 aromatic carbocycles. The van der Waals surface area contributed by atoms with Gasteiger partial charge in [-0.1, -0.05) is 11.6 Å². The molecule has 2 heterocycles. The topological polar surface area (TPSA) is 58.2 Å². The molecule has 0 aliphatic carbocycles. The first-order valence-corrected chi connectivity index (χ1v) is 6.69. The van der Waals surface area contributed by atoms with Crippen LogP contribution in [0.2, 0.25) is 5.02 Å². The van der Waals surface area contributed by atoms with E-state index in [0.29, 0.717) is 18.0 Å². The molecule has 0 fully saturated rings. The number of rotatable bonds is 3. The number of nitrogens with zero attached hydrogens (tertiary/aromatic N) is 2. The van der Waals surface area contributed by atoms with Gasteiger partial charge in [-0.2, -0.15) is 0 Å². The second kappa shape index (κ2) is 5.17. The summed E-state index contributed by atoms with van der Waals surface area (Å²) in [5.74, 6) is 1.42. The van der Waals surface area contributed by atoms with Crippen molar-refractivity contribution >= 4 is 17.5 Å². The summed E-state index contributed by atoms with van der Waals surface area (Å²) in [6, 6.07) is 5.41. The van der Waals surface area contributed by atoms with Gasteiger partial charge in [0, 0.05) is 30.9 Å². The standard InChI is InChI=1S/C14H14ClN3O2/c1-18(8-13-16-4-5-17-13)14(19)12-7-9-6-10(15)2-3-11(9)20-12/h2-6,12H,7-8H2,1H3,(H,16,17). The molecule has 6 heteroatoms. The smallest absolute Gasteiger partial charge is 0.264 e. The van der Waals surface area contributed by atoms with Gasteiger partial charge in [-0.25, -0.2) is 4.98 Å². The molecule has 3 rings (SSSR count). The number of carbonyl (C=O) groups excluding carboxylic acids is 1. The van der Waals surface area contributed by atoms with E-state index in [1.165, 1.54) is 0 Å². The lowest BCUT2D eigenvalue weighted by atomic mass is 10.1. The Labute approximate surface area is 121 Å². The third-order valence-corrected chi connectivity index (χ3v) is 3.53. The first-order valence-electron chi connectivity index (χ1n) is 6.32. The predicted octanol–water partition coefficient (Wildman–Crippen LogP) is 2.03. The largest absolute Gasteiger partial charge is 0.480 e. The van der Waals surface area contributed by atoms with E-state index >= 15 is 0 Å². The average molecular weight is 292 g/mol. The molecule has 1 amide bonds. The number of amides is 1. The Bertz CT molecular complexity index is 627. The molecule has 0 bridgehead atoms. The first kappa shape index (κ1) is 13.0. The van der Waals surface area contributed by atoms with Gasteiger partial charge in [0.25, 0.3) is 5.91 Å². The normalized spacial score (nSPS) is 16.6. The lowest BCUT2D eigenvalue weighted by molar-refractivity contribution is -0.137. The van der Waals surface area contributed by atoms with Crippen LogP contribution in [0.4, 0.5) is 0 Å². The van der Waals surface area contributed by atoms with Crippen LogP contribution in [0, 0.1) is 0 Å². The average Bonchev–Trinajstić information content (AvgIpc) is 3.06. The molecule has 0 radical (unpaired) electrons. The van der Waals surface area contributed by atoms with E-state index in [9.17, 15) is 4.79 Å². The summed E-state index contributed by atoms with van der Waals surface area (Å²) in [5.41, 5.74) is 0.974. The molecule has 0 saturated carbocycles. The molecule has 1 N–H and O–H groups in total. The summed E-state index contributed by atoms with van der Waals surface area (Å²) >= 11 is 5.94. The number of ether oxygens (including phenoxy) is 1. The number of nitrogens with one attached hydrogen (secondary N) is 1. The van der Waals surface area contributed by atoms with Gasteiger partial charge in [0.1, 0.15) is 11.6 Å². The van der Waals surface area contributed by atoms with Gasteiger partial charge >= 0.3 is 0 Å². The summed E-state index contributed by atoms with van der Waals surface area (Å²) in [7, 11) is 1.74. The van der Waals surface area contributed by atoms with E-state index in [4.69, 9.17) is 16.3 Å². The zero-order valence-electron chi connectivity index (χ0n) is 11.0. The first-order chi connectivity index (χ1) is 9.63. The van der Waals surface area contributed by atoms with Crippen LogP contribution in [0.5, 0.6) is 5.75 Å². The van der Waals surface area contributed by atoms with Crippen molar-refractivity contribution < 1.29 is 9.53 Å². The van der Waals surface area contributed by atoms with Gasteiger partial charge in [0.2, 0.25) is 0 Å². The molecule has 1 unspecified atom stereocenters. The zero-order chi connectivity index (χ0) is 14.1. The molecule has 1 aliphatic rings. The van der Waals surface area contributed by atoms with Crippen LogP contribution in [0.15, 0.2) is 30.6 Å². The number of hydrogen-bond donors (Lipinski definition) is 1. The molecule has 5 nitrogen and oxygen atoms in total. The molecular formula is C14H14ClN3O2. The summed E-state index contributed by atoms with van der Waals surface area (Å²) in [6.07, 6.45) is 3.47. The van der Waals surface area contributed by atoms with Crippen molar-refractivity contribution in [2.24, 2.45) is 0 Å². The van der Waals surface area contributed by atoms with Gasteiger partial charge < -0.3 is 14.6 Å². The van der Waals surface area contributed by atoms with E-state index in [-0.39, 0.29) is 5.91 Å². The molecule has 2 aromatic rings. The van der Waals surface area contributed by atoms with Crippen molar-refractivity contribution in [2.45, 2.75) is 19.1 Å². The van der Waals surface area contributed by atoms with Crippen LogP contribution >= 0.6 is 11.6 Å². The number of aromatic amines is 1. The van der Waals surface area contributed by atoms with Gasteiger partial charge in [-0.15, -0.1) is 0 Å². The number of hydrogen-bond acceptors (Lipinski definition) is 3. The molecule has 20 heavy (non-hydrogen) atoms. The van der Waals surface area contributed by atoms with Crippen molar-refractivity contribution in [2.75, 3.05) is 7.05 Å². The fourth-order valence-electron chi connectivity index (χ4n) is 2.29. The highest BCUT2D eigenvalue weighted by Crippen LogP contribution is 2.31. The summed E-state index contributed by atoms with van der Waals surface area (Å²) in [4.78, 5) is 21.0. The number of aromatic nitrogens is 2. The highest BCUT2D eigenvalue weighted by Gasteiger charge is 2.31. The molecule has 104 valence electrons. The van der Waals surface area contributed by atoms with E-state index < -0.39 is 6.10 Å². The summed E-state index contributed by atoms with van der Waals surface area (Å²) in [6.45, 7) is 0.433. The Balaban J connectivity index is 1.67. The number of benzene rings is 1. The van der Waals surface area contributed by atoms with Gasteiger partial charge in [-0.05, 0) is 23.8 Å². The molecule has 1 aromatic heterocycles. The Morgan fingerprint density at radius 1 is 1.60 bits per heavy atom. The molecule has 1 atom stereocenters. The Kier molecular flexibility index (Phi) is 3.36. The second-order valence-corrected chi connectivity index (χ2v) is 5.23. The molecule has 1 aliphatic heterocycles. The van der Waals surface area contributed by atoms with Crippen molar-refractivity contribution in [1.82, 2.24) is 14.9 Å². The fourth-order valence-corrected chi connectivity index (χ4v) is 2.48. The lowest BCUT2D eigenvalue weighted by Crippen LogP contribution is -2.38. The van der Waals surface area contributed by atoms with Crippen molar-refractivity contribution in [3.8, 4) is 5.75 Å². The maximum absolute atomic E-state index is 12.4. The highest BCUT2D eigenvalue weighted by molar-refractivity contribution is 6.30. The van der Waals surface area contributed by atoms with Gasteiger partial charge in [0.05, 0.1) is 6.54 Å². The summed E-state index contributed by atoms with van der Waals surface area (Å²) in [5, 5.41) is 0.657. The van der Waals surface area contributed by atoms with Gasteiger partial charge in [0.15, 0.2) is 6.10 Å². The van der Waals surface area contributed by atoms with E-state index in [1.54, 1.807) is 36.5 Å². The number of imidazole rings is 1. The number of likely N-dealkylation sites (N-methyl/N-ethyl adjacent to an activating group) is 1. The number of H-pyrrole nitrogens is 1. The lowest BCUT2D eigenvalue weighted by Gasteiger charge is -2.19. The minimum absolute atomic E-state index is 0.0614. The molecular weight excluding hydrogens is 278 g/mol. The fraction of sp³-hybridized carbons (Fsp3) is 0.286. The van der Waals surface area contributed by atoms with E-state index in [0.717, 1.165) is 17.1 Å². The van der Waals surface area contributed by atoms with Crippen molar-refractivity contribution in [3.05, 3.63) is 47.0 Å². The monoisotopic (exact) mass is 291 g/mol. The predicted molar refractivity (Wildman–Crippen MR) is 74.6 cm³/mol. The number of halogens is 1. The van der Waals surface area contributed by atoms with Crippen LogP contribution < -0.4 is 4.74 Å². The maximum Gasteiger partial charge on any atom is 0.264 e. The maximum atomic E-state index is 12.4. The third kappa shape index (κ3) is 2.49. The van der Waals surface area contributed by atoms with Crippen LogP contribution in [0.25, 0.3) is 0 Å². The van der Waals surface area contributed by atoms with E-state index in [1.807, 2.05) is 6.07 Å². The summed E-state index contributed by atoms with van der Waals surface area (Å²) < 4.78 is 5.68. The Hall–Kier alpha value is -2.01. The second-order valence-electron chi connectivity index (χ2n) is 4.79. The minimum atomic E-state index is -0.483. The zero-order valence-corrected chi connectivity index (χ0v) is 11.7. The highest BCUT2D eigenvalue weighted by atomic mass is 35.5. The van der Waals surface area contributed by atoms with Crippen molar-refractivity contribution in [3.63, 3.8) is 0 Å². The minimum Gasteiger partial charge on any atom is -0.480 e. The van der Waals surface area contributed by atoms with Gasteiger partial charge in [-0.3, -0.25) is 4.79 Å². The molecule has 0 saturated heterocycles. The quantitative estimate of drug-likeness (QED) is 0.941. The Morgan fingerprint density at radius 3 is 3.20 bits per heavy atom. The Morgan fingerprint density at radius 2 is 2.45 bits per heavy atom. The van der Waals surface area contributed by atoms with E-state index in [2.05, 4.69) is 9.97 Å².